The molecule has 19 heavy (non-hydrogen) atoms. The zero-order valence-electron chi connectivity index (χ0n) is 10.8. The number of nitrogen functional groups attached to an aromatic ring is 1. The van der Waals surface area contributed by atoms with Gasteiger partial charge >= 0.3 is 0 Å². The Kier molecular flexibility index (Phi) is 3.72. The van der Waals surface area contributed by atoms with Gasteiger partial charge < -0.3 is 10.7 Å². The standard InChI is InChI=1S/C13H15N5O/c1-8-3-10(6-15-5-8)17-13(19)11-7-16-9(2)4-12(11)18-14/h3-7H,14H2,1-2H3,(H,16,18)(H,17,19). The number of aromatic nitrogens is 2. The maximum Gasteiger partial charge on any atom is 0.259 e. The summed E-state index contributed by atoms with van der Waals surface area (Å²) in [5.41, 5.74) is 5.80. The van der Waals surface area contributed by atoms with E-state index in [0.717, 1.165) is 11.3 Å². The first-order valence-electron chi connectivity index (χ1n) is 5.76. The van der Waals surface area contributed by atoms with Gasteiger partial charge in [-0.3, -0.25) is 20.6 Å². The van der Waals surface area contributed by atoms with Crippen molar-refractivity contribution in [3.8, 4) is 0 Å². The molecule has 0 aliphatic carbocycles. The lowest BCUT2D eigenvalue weighted by atomic mass is 10.2. The SMILES string of the molecule is Cc1cncc(NC(=O)c2cnc(C)cc2NN)c1. The number of anilines is 2. The van der Waals surface area contributed by atoms with Crippen LogP contribution in [-0.4, -0.2) is 15.9 Å². The van der Waals surface area contributed by atoms with Crippen molar-refractivity contribution in [3.63, 3.8) is 0 Å². The number of nitrogens with two attached hydrogens (primary N) is 1. The molecule has 0 aliphatic heterocycles. The number of hydrazine groups is 1. The van der Waals surface area contributed by atoms with Crippen LogP contribution in [0.3, 0.4) is 0 Å². The van der Waals surface area contributed by atoms with E-state index in [9.17, 15) is 4.79 Å². The second-order valence-corrected chi connectivity index (χ2v) is 4.22. The number of hydrogen-bond acceptors (Lipinski definition) is 5. The molecule has 0 unspecified atom stereocenters. The minimum Gasteiger partial charge on any atom is -0.323 e. The third-order valence-electron chi connectivity index (χ3n) is 2.57. The van der Waals surface area contributed by atoms with Gasteiger partial charge in [-0.2, -0.15) is 0 Å². The summed E-state index contributed by atoms with van der Waals surface area (Å²) >= 11 is 0. The molecule has 0 aliphatic rings. The summed E-state index contributed by atoms with van der Waals surface area (Å²) in [7, 11) is 0. The van der Waals surface area contributed by atoms with Gasteiger partial charge in [0, 0.05) is 18.1 Å². The average molecular weight is 257 g/mol. The summed E-state index contributed by atoms with van der Waals surface area (Å²) in [6.45, 7) is 3.73. The van der Waals surface area contributed by atoms with Crippen molar-refractivity contribution in [1.29, 1.82) is 0 Å². The van der Waals surface area contributed by atoms with Gasteiger partial charge in [-0.05, 0) is 31.5 Å². The average Bonchev–Trinajstić information content (AvgIpc) is 2.38. The summed E-state index contributed by atoms with van der Waals surface area (Å²) in [6.07, 6.45) is 4.79. The van der Waals surface area contributed by atoms with E-state index in [2.05, 4.69) is 20.7 Å². The van der Waals surface area contributed by atoms with E-state index in [0.29, 0.717) is 16.9 Å². The Morgan fingerprint density at radius 1 is 1.21 bits per heavy atom. The molecule has 0 fully saturated rings. The molecule has 2 rings (SSSR count). The molecule has 0 saturated carbocycles. The number of nitrogens with one attached hydrogen (secondary N) is 2. The number of pyridine rings is 2. The highest BCUT2D eigenvalue weighted by molar-refractivity contribution is 6.07. The second kappa shape index (κ2) is 5.45. The van der Waals surface area contributed by atoms with E-state index in [1.165, 1.54) is 6.20 Å². The molecule has 2 aromatic heterocycles. The van der Waals surface area contributed by atoms with Crippen LogP contribution in [0.1, 0.15) is 21.6 Å². The van der Waals surface area contributed by atoms with Crippen LogP contribution >= 0.6 is 0 Å². The first-order chi connectivity index (χ1) is 9.10. The molecule has 6 heteroatoms. The number of nitrogens with zero attached hydrogens (tertiary/aromatic N) is 2. The summed E-state index contributed by atoms with van der Waals surface area (Å²) < 4.78 is 0. The monoisotopic (exact) mass is 257 g/mol. The van der Waals surface area contributed by atoms with Crippen LogP contribution in [0.2, 0.25) is 0 Å². The first kappa shape index (κ1) is 13.0. The van der Waals surface area contributed by atoms with Gasteiger partial charge in [0.15, 0.2) is 0 Å². The summed E-state index contributed by atoms with van der Waals surface area (Å²) in [6, 6.07) is 3.55. The van der Waals surface area contributed by atoms with Crippen molar-refractivity contribution in [2.45, 2.75) is 13.8 Å². The molecular weight excluding hydrogens is 242 g/mol. The van der Waals surface area contributed by atoms with E-state index >= 15 is 0 Å². The Morgan fingerprint density at radius 2 is 2.00 bits per heavy atom. The largest absolute Gasteiger partial charge is 0.323 e. The summed E-state index contributed by atoms with van der Waals surface area (Å²) in [5.74, 6) is 5.12. The molecule has 0 atom stereocenters. The molecule has 1 amide bonds. The lowest BCUT2D eigenvalue weighted by Crippen LogP contribution is -2.18. The zero-order chi connectivity index (χ0) is 13.8. The Hall–Kier alpha value is -2.47. The minimum atomic E-state index is -0.284. The van der Waals surface area contributed by atoms with Crippen LogP contribution in [-0.2, 0) is 0 Å². The highest BCUT2D eigenvalue weighted by Crippen LogP contribution is 2.16. The van der Waals surface area contributed by atoms with E-state index in [-0.39, 0.29) is 5.91 Å². The van der Waals surface area contributed by atoms with E-state index in [1.807, 2.05) is 19.9 Å². The third-order valence-corrected chi connectivity index (χ3v) is 2.57. The molecule has 0 bridgehead atoms. The molecule has 6 nitrogen and oxygen atoms in total. The van der Waals surface area contributed by atoms with Crippen LogP contribution in [0, 0.1) is 13.8 Å². The number of carbonyl (C=O) groups is 1. The zero-order valence-corrected chi connectivity index (χ0v) is 10.8. The van der Waals surface area contributed by atoms with Crippen LogP contribution in [0.5, 0.6) is 0 Å². The minimum absolute atomic E-state index is 0.284. The normalized spacial score (nSPS) is 10.1. The van der Waals surface area contributed by atoms with Crippen LogP contribution in [0.15, 0.2) is 30.7 Å². The number of amides is 1. The fourth-order valence-electron chi connectivity index (χ4n) is 1.68. The molecule has 98 valence electrons. The van der Waals surface area contributed by atoms with Crippen molar-refractivity contribution in [2.75, 3.05) is 10.7 Å². The van der Waals surface area contributed by atoms with E-state index in [4.69, 9.17) is 5.84 Å². The summed E-state index contributed by atoms with van der Waals surface area (Å²) in [5, 5.41) is 2.76. The lowest BCUT2D eigenvalue weighted by Gasteiger charge is -2.10. The van der Waals surface area contributed by atoms with Crippen LogP contribution in [0.4, 0.5) is 11.4 Å². The fourth-order valence-corrected chi connectivity index (χ4v) is 1.68. The topological polar surface area (TPSA) is 92.9 Å². The second-order valence-electron chi connectivity index (χ2n) is 4.22. The predicted molar refractivity (Wildman–Crippen MR) is 73.7 cm³/mol. The van der Waals surface area contributed by atoms with Gasteiger partial charge in [0.1, 0.15) is 0 Å². The van der Waals surface area contributed by atoms with Crippen molar-refractivity contribution in [2.24, 2.45) is 5.84 Å². The predicted octanol–water partition coefficient (Wildman–Crippen LogP) is 1.63. The van der Waals surface area contributed by atoms with Gasteiger partial charge in [0.05, 0.1) is 23.1 Å². The molecule has 2 heterocycles. The number of carbonyl (C=O) groups excluding carboxylic acids is 1. The Balaban J connectivity index is 2.25. The third kappa shape index (κ3) is 3.05. The van der Waals surface area contributed by atoms with Gasteiger partial charge in [-0.25, -0.2) is 0 Å². The van der Waals surface area contributed by atoms with Crippen molar-refractivity contribution < 1.29 is 4.79 Å². The van der Waals surface area contributed by atoms with Gasteiger partial charge in [-0.15, -0.1) is 0 Å². The first-order valence-corrected chi connectivity index (χ1v) is 5.76. The summed E-state index contributed by atoms with van der Waals surface area (Å²) in [4.78, 5) is 20.3. The smallest absolute Gasteiger partial charge is 0.259 e. The quantitative estimate of drug-likeness (QED) is 0.574. The van der Waals surface area contributed by atoms with E-state index in [1.54, 1.807) is 18.5 Å². The van der Waals surface area contributed by atoms with Gasteiger partial charge in [0.2, 0.25) is 0 Å². The highest BCUT2D eigenvalue weighted by atomic mass is 16.1. The van der Waals surface area contributed by atoms with E-state index < -0.39 is 0 Å². The highest BCUT2D eigenvalue weighted by Gasteiger charge is 2.12. The molecular formula is C13H15N5O. The van der Waals surface area contributed by atoms with Crippen LogP contribution < -0.4 is 16.6 Å². The number of hydrogen-bond donors (Lipinski definition) is 3. The maximum atomic E-state index is 12.1. The van der Waals surface area contributed by atoms with Gasteiger partial charge in [-0.1, -0.05) is 0 Å². The van der Waals surface area contributed by atoms with Gasteiger partial charge in [0.25, 0.3) is 5.91 Å². The molecule has 0 saturated heterocycles. The van der Waals surface area contributed by atoms with Crippen molar-refractivity contribution in [1.82, 2.24) is 9.97 Å². The molecule has 0 spiro atoms. The number of rotatable bonds is 3. The molecule has 2 aromatic rings. The van der Waals surface area contributed by atoms with Crippen molar-refractivity contribution in [3.05, 3.63) is 47.5 Å². The Labute approximate surface area is 111 Å². The van der Waals surface area contributed by atoms with Crippen LogP contribution in [0.25, 0.3) is 0 Å². The lowest BCUT2D eigenvalue weighted by molar-refractivity contribution is 0.102. The Morgan fingerprint density at radius 3 is 2.68 bits per heavy atom. The molecule has 0 radical (unpaired) electrons. The fraction of sp³-hybridized carbons (Fsp3) is 0.154. The maximum absolute atomic E-state index is 12.1. The molecule has 0 aromatic carbocycles. The molecule has 4 N–H and O–H groups in total. The Bertz CT molecular complexity index is 612. The van der Waals surface area contributed by atoms with Crippen molar-refractivity contribution >= 4 is 17.3 Å². The number of aryl methyl sites for hydroxylation is 2.